The maximum atomic E-state index is 12.9. The molecule has 0 unspecified atom stereocenters. The third-order valence-electron chi connectivity index (χ3n) is 6.06. The minimum absolute atomic E-state index is 0.0512. The van der Waals surface area contributed by atoms with Gasteiger partial charge in [0.2, 0.25) is 0 Å². The van der Waals surface area contributed by atoms with E-state index in [2.05, 4.69) is 0 Å². The van der Waals surface area contributed by atoms with E-state index in [1.54, 1.807) is 60.7 Å². The fourth-order valence-electron chi connectivity index (χ4n) is 4.34. The van der Waals surface area contributed by atoms with Gasteiger partial charge in [0, 0.05) is 0 Å². The molecule has 0 bridgehead atoms. The number of fused-ring (bicyclic) bond motifs is 2. The average molecular weight is 452 g/mol. The topological polar surface area (TPSA) is 101 Å². The van der Waals surface area contributed by atoms with Gasteiger partial charge in [-0.1, -0.05) is 12.1 Å². The number of imide groups is 2. The summed E-state index contributed by atoms with van der Waals surface area (Å²) in [5, 5.41) is 0. The molecule has 0 fully saturated rings. The number of rotatable bonds is 5. The van der Waals surface area contributed by atoms with Gasteiger partial charge in [0.1, 0.15) is 11.5 Å². The van der Waals surface area contributed by atoms with Crippen molar-refractivity contribution in [1.29, 1.82) is 0 Å². The minimum atomic E-state index is -0.407. The van der Waals surface area contributed by atoms with Gasteiger partial charge in [-0.15, -0.1) is 0 Å². The maximum Gasteiger partial charge on any atom is 0.261 e. The van der Waals surface area contributed by atoms with Crippen LogP contribution in [0, 0.1) is 0 Å². The lowest BCUT2D eigenvalue weighted by Crippen LogP contribution is -2.28. The molecule has 8 heteroatoms. The van der Waals surface area contributed by atoms with E-state index in [0.717, 1.165) is 9.80 Å². The molecular formula is C26H16N2O6. The molecule has 2 aliphatic rings. The molecular weight excluding hydrogens is 436 g/mol. The van der Waals surface area contributed by atoms with Crippen LogP contribution in [0.5, 0.6) is 0 Å². The van der Waals surface area contributed by atoms with Gasteiger partial charge in [0.25, 0.3) is 23.6 Å². The SMILES string of the molecule is O=C1c2ccc(-c3ccc4c(c3)C(=O)N(Cc3ccco3)C4=O)cc2C(=O)N1Cc1ccco1. The van der Waals surface area contributed by atoms with Crippen molar-refractivity contribution in [2.24, 2.45) is 0 Å². The molecule has 2 aliphatic heterocycles. The zero-order valence-electron chi connectivity index (χ0n) is 17.7. The second-order valence-corrected chi connectivity index (χ2v) is 8.07. The molecule has 34 heavy (non-hydrogen) atoms. The Labute approximate surface area is 193 Å². The molecule has 0 atom stereocenters. The summed E-state index contributed by atoms with van der Waals surface area (Å²) in [7, 11) is 0. The zero-order valence-corrected chi connectivity index (χ0v) is 17.7. The molecule has 2 aromatic carbocycles. The first kappa shape index (κ1) is 19.9. The Hall–Kier alpha value is -4.72. The highest BCUT2D eigenvalue weighted by atomic mass is 16.3. The first-order chi connectivity index (χ1) is 16.5. The lowest BCUT2D eigenvalue weighted by molar-refractivity contribution is 0.0617. The molecule has 8 nitrogen and oxygen atoms in total. The van der Waals surface area contributed by atoms with E-state index < -0.39 is 11.8 Å². The monoisotopic (exact) mass is 452 g/mol. The molecule has 0 saturated carbocycles. The van der Waals surface area contributed by atoms with Crippen LogP contribution in [0.3, 0.4) is 0 Å². The molecule has 0 radical (unpaired) electrons. The van der Waals surface area contributed by atoms with Crippen molar-refractivity contribution in [3.05, 3.63) is 107 Å². The number of carbonyl (C=O) groups is 4. The number of hydrogen-bond donors (Lipinski definition) is 0. The Morgan fingerprint density at radius 2 is 0.941 bits per heavy atom. The standard InChI is InChI=1S/C26H16N2O6/c29-23-19-7-5-15(11-21(19)25(31)27(23)13-17-3-1-9-33-17)16-6-8-20-22(12-16)26(32)28(24(20)30)14-18-4-2-10-34-18/h1-12H,13-14H2. The predicted octanol–water partition coefficient (Wildman–Crippen LogP) is 4.13. The van der Waals surface area contributed by atoms with Crippen molar-refractivity contribution in [1.82, 2.24) is 9.80 Å². The largest absolute Gasteiger partial charge is 0.467 e. The van der Waals surface area contributed by atoms with Gasteiger partial charge in [-0.2, -0.15) is 0 Å². The van der Waals surface area contributed by atoms with Crippen LogP contribution in [0.25, 0.3) is 11.1 Å². The van der Waals surface area contributed by atoms with E-state index in [-0.39, 0.29) is 36.0 Å². The Kier molecular flexibility index (Phi) is 4.35. The second-order valence-electron chi connectivity index (χ2n) is 8.07. The summed E-state index contributed by atoms with van der Waals surface area (Å²) < 4.78 is 10.5. The van der Waals surface area contributed by atoms with E-state index >= 15 is 0 Å². The summed E-state index contributed by atoms with van der Waals surface area (Å²) in [4.78, 5) is 53.7. The van der Waals surface area contributed by atoms with Gasteiger partial charge in [0.05, 0.1) is 47.9 Å². The molecule has 6 rings (SSSR count). The number of hydrogen-bond acceptors (Lipinski definition) is 6. The summed E-state index contributed by atoms with van der Waals surface area (Å²) in [6.45, 7) is 0.102. The highest BCUT2D eigenvalue weighted by molar-refractivity contribution is 6.23. The highest BCUT2D eigenvalue weighted by Crippen LogP contribution is 2.33. The number of nitrogens with zero attached hydrogens (tertiary/aromatic N) is 2. The molecule has 0 aliphatic carbocycles. The third-order valence-corrected chi connectivity index (χ3v) is 6.06. The summed E-state index contributed by atoms with van der Waals surface area (Å²) in [6, 6.07) is 16.7. The van der Waals surface area contributed by atoms with Crippen LogP contribution in [0.4, 0.5) is 0 Å². The number of carbonyl (C=O) groups excluding carboxylic acids is 4. The van der Waals surface area contributed by atoms with Crippen molar-refractivity contribution in [3.63, 3.8) is 0 Å². The molecule has 4 amide bonds. The molecule has 0 spiro atoms. The lowest BCUT2D eigenvalue weighted by atomic mass is 9.97. The van der Waals surface area contributed by atoms with Crippen LogP contribution in [0.2, 0.25) is 0 Å². The number of amides is 4. The molecule has 4 aromatic rings. The van der Waals surface area contributed by atoms with Gasteiger partial charge >= 0.3 is 0 Å². The Morgan fingerprint density at radius 3 is 1.32 bits per heavy atom. The fraction of sp³-hybridized carbons (Fsp3) is 0.0769. The number of furan rings is 2. The Morgan fingerprint density at radius 1 is 0.529 bits per heavy atom. The zero-order chi connectivity index (χ0) is 23.4. The van der Waals surface area contributed by atoms with E-state index in [1.807, 2.05) is 0 Å². The maximum absolute atomic E-state index is 12.9. The van der Waals surface area contributed by atoms with E-state index in [4.69, 9.17) is 8.83 Å². The Balaban J connectivity index is 1.31. The molecule has 2 aromatic heterocycles. The minimum Gasteiger partial charge on any atom is -0.467 e. The van der Waals surface area contributed by atoms with E-state index in [1.165, 1.54) is 12.5 Å². The summed E-state index contributed by atoms with van der Waals surface area (Å²) >= 11 is 0. The van der Waals surface area contributed by atoms with Crippen molar-refractivity contribution in [3.8, 4) is 11.1 Å². The van der Waals surface area contributed by atoms with Crippen LogP contribution < -0.4 is 0 Å². The molecule has 4 heterocycles. The van der Waals surface area contributed by atoms with Gasteiger partial charge in [-0.25, -0.2) is 0 Å². The lowest BCUT2D eigenvalue weighted by Gasteiger charge is -2.11. The van der Waals surface area contributed by atoms with Crippen molar-refractivity contribution < 1.29 is 28.0 Å². The van der Waals surface area contributed by atoms with Crippen LogP contribution >= 0.6 is 0 Å². The third kappa shape index (κ3) is 3.00. The van der Waals surface area contributed by atoms with Gasteiger partial charge in [-0.3, -0.25) is 29.0 Å². The second kappa shape index (κ2) is 7.41. The molecule has 166 valence electrons. The average Bonchev–Trinajstić information content (AvgIpc) is 3.64. The van der Waals surface area contributed by atoms with Gasteiger partial charge in [-0.05, 0) is 59.7 Å². The predicted molar refractivity (Wildman–Crippen MR) is 118 cm³/mol. The molecule has 0 N–H and O–H groups in total. The first-order valence-electron chi connectivity index (χ1n) is 10.6. The number of benzene rings is 2. The Bertz CT molecular complexity index is 1370. The van der Waals surface area contributed by atoms with Crippen molar-refractivity contribution in [2.45, 2.75) is 13.1 Å². The quantitative estimate of drug-likeness (QED) is 0.422. The smallest absolute Gasteiger partial charge is 0.261 e. The van der Waals surface area contributed by atoms with Crippen molar-refractivity contribution >= 4 is 23.6 Å². The van der Waals surface area contributed by atoms with Crippen LogP contribution in [0.1, 0.15) is 53.0 Å². The van der Waals surface area contributed by atoms with E-state index in [0.29, 0.717) is 33.8 Å². The van der Waals surface area contributed by atoms with E-state index in [9.17, 15) is 19.2 Å². The van der Waals surface area contributed by atoms with Crippen LogP contribution in [-0.2, 0) is 13.1 Å². The normalized spacial score (nSPS) is 14.8. The first-order valence-corrected chi connectivity index (χ1v) is 10.6. The van der Waals surface area contributed by atoms with Crippen LogP contribution in [0.15, 0.2) is 82.0 Å². The van der Waals surface area contributed by atoms with Crippen molar-refractivity contribution in [2.75, 3.05) is 0 Å². The molecule has 0 saturated heterocycles. The van der Waals surface area contributed by atoms with Crippen LogP contribution in [-0.4, -0.2) is 33.4 Å². The summed E-state index contributed by atoms with van der Waals surface area (Å²) in [5.74, 6) is -0.561. The summed E-state index contributed by atoms with van der Waals surface area (Å²) in [5.41, 5.74) is 2.53. The fourth-order valence-corrected chi connectivity index (χ4v) is 4.34. The highest BCUT2D eigenvalue weighted by Gasteiger charge is 2.38. The van der Waals surface area contributed by atoms with Gasteiger partial charge in [0.15, 0.2) is 0 Å². The summed E-state index contributed by atoms with van der Waals surface area (Å²) in [6.07, 6.45) is 2.97. The van der Waals surface area contributed by atoms with Gasteiger partial charge < -0.3 is 8.83 Å².